The number of phenolic OH excluding ortho intramolecular Hbond substituents is 2. The molecule has 0 radical (unpaired) electrons. The molecule has 0 spiro atoms. The second-order valence-electron chi connectivity index (χ2n) is 27.7. The predicted octanol–water partition coefficient (Wildman–Crippen LogP) is -2.63. The molecule has 602 valence electrons. The number of aliphatic hydroxyl groups is 3. The third-order valence-corrected chi connectivity index (χ3v) is 18.5. The number of likely N-dealkylation sites (tertiary alicyclic amines) is 1. The molecule has 0 aliphatic carbocycles. The molecule has 1 saturated heterocycles. The van der Waals surface area contributed by atoms with Crippen LogP contribution in [0, 0.1) is 5.92 Å². The van der Waals surface area contributed by atoms with Crippen LogP contribution in [0.4, 0.5) is 0 Å². The van der Waals surface area contributed by atoms with Gasteiger partial charge in [0, 0.05) is 49.3 Å². The topological polar surface area (TPSA) is 592 Å². The van der Waals surface area contributed by atoms with Crippen LogP contribution in [0.25, 0.3) is 10.9 Å². The Morgan fingerprint density at radius 3 is 1.40 bits per heavy atom. The maximum absolute atomic E-state index is 15.1. The molecule has 0 unspecified atom stereocenters. The van der Waals surface area contributed by atoms with Crippen LogP contribution in [0.1, 0.15) is 108 Å². The lowest BCUT2D eigenvalue weighted by Gasteiger charge is -2.31. The fourth-order valence-corrected chi connectivity index (χ4v) is 12.4. The van der Waals surface area contributed by atoms with Gasteiger partial charge >= 0.3 is 17.9 Å². The Morgan fingerprint density at radius 2 is 0.901 bits per heavy atom. The molecule has 0 saturated carbocycles. The van der Waals surface area contributed by atoms with Gasteiger partial charge in [0.15, 0.2) is 0 Å². The highest BCUT2D eigenvalue weighted by molar-refractivity contribution is 6.01. The van der Waals surface area contributed by atoms with Gasteiger partial charge in [-0.2, -0.15) is 0 Å². The number of carbonyl (C=O) groups excluding carboxylic acids is 11. The number of aromatic nitrogens is 1. The van der Waals surface area contributed by atoms with E-state index in [4.69, 9.17) is 11.5 Å². The zero-order valence-corrected chi connectivity index (χ0v) is 61.9. The molecule has 1 aliphatic heterocycles. The summed E-state index contributed by atoms with van der Waals surface area (Å²) >= 11 is 0. The number of amides is 11. The molecule has 4 aromatic carbocycles. The Balaban J connectivity index is 1.22. The first-order valence-corrected chi connectivity index (χ1v) is 36.2. The number of unbranched alkanes of at least 4 members (excludes halogenated alkanes) is 1. The summed E-state index contributed by atoms with van der Waals surface area (Å²) in [7, 11) is 0. The van der Waals surface area contributed by atoms with Gasteiger partial charge in [-0.15, -0.1) is 0 Å². The van der Waals surface area contributed by atoms with Crippen molar-refractivity contribution in [1.29, 1.82) is 0 Å². The van der Waals surface area contributed by atoms with Crippen LogP contribution in [-0.2, 0) is 92.8 Å². The van der Waals surface area contributed by atoms with Crippen LogP contribution >= 0.6 is 0 Å². The van der Waals surface area contributed by atoms with Gasteiger partial charge < -0.3 is 115 Å². The molecular weight excluding hydrogens is 1450 g/mol. The van der Waals surface area contributed by atoms with E-state index in [-0.39, 0.29) is 69.5 Å². The highest BCUT2D eigenvalue weighted by Gasteiger charge is 2.43. The van der Waals surface area contributed by atoms with Gasteiger partial charge in [-0.25, -0.2) is 4.79 Å². The number of carbonyl (C=O) groups is 14. The minimum atomic E-state index is -1.95. The number of carboxylic acids is 3. The van der Waals surface area contributed by atoms with Crippen molar-refractivity contribution in [2.45, 2.75) is 202 Å². The maximum Gasteiger partial charge on any atom is 0.326 e. The molecule has 23 N–H and O–H groups in total. The van der Waals surface area contributed by atoms with Crippen molar-refractivity contribution < 1.29 is 108 Å². The minimum absolute atomic E-state index is 0.0116. The minimum Gasteiger partial charge on any atom is -0.508 e. The molecule has 2 heterocycles. The quantitative estimate of drug-likeness (QED) is 0.0178. The number of hydrogen-bond donors (Lipinski definition) is 21. The number of aromatic amines is 1. The first kappa shape index (κ1) is 88.3. The number of hydrogen-bond acceptors (Lipinski definition) is 21. The number of fused-ring (bicyclic) bond motifs is 1. The van der Waals surface area contributed by atoms with E-state index >= 15 is 9.59 Å². The predicted molar refractivity (Wildman–Crippen MR) is 397 cm³/mol. The third kappa shape index (κ3) is 26.9. The van der Waals surface area contributed by atoms with Gasteiger partial charge in [-0.1, -0.05) is 86.6 Å². The highest BCUT2D eigenvalue weighted by Crippen LogP contribution is 2.23. The summed E-state index contributed by atoms with van der Waals surface area (Å²) in [5.74, 6) is -17.5. The van der Waals surface area contributed by atoms with Crippen molar-refractivity contribution in [2.24, 2.45) is 17.4 Å². The molecule has 111 heavy (non-hydrogen) atoms. The van der Waals surface area contributed by atoms with E-state index in [2.05, 4.69) is 58.2 Å². The molecule has 11 amide bonds. The molecule has 1 aliphatic rings. The Bertz CT molecular complexity index is 4070. The second-order valence-corrected chi connectivity index (χ2v) is 27.7. The van der Waals surface area contributed by atoms with Crippen LogP contribution in [0.3, 0.4) is 0 Å². The lowest BCUT2D eigenvalue weighted by molar-refractivity contribution is -0.144. The highest BCUT2D eigenvalue weighted by atomic mass is 16.4. The number of para-hydroxylation sites is 1. The normalized spacial score (nSPS) is 16.5. The van der Waals surface area contributed by atoms with E-state index in [0.29, 0.717) is 28.7 Å². The van der Waals surface area contributed by atoms with E-state index in [1.54, 1.807) is 42.6 Å². The molecule has 6 rings (SSSR count). The van der Waals surface area contributed by atoms with Crippen molar-refractivity contribution in [1.82, 2.24) is 63.1 Å². The number of aliphatic hydroxyl groups excluding tert-OH is 3. The summed E-state index contributed by atoms with van der Waals surface area (Å²) in [6.07, 6.45) is -6.12. The van der Waals surface area contributed by atoms with Crippen LogP contribution < -0.4 is 64.6 Å². The standard InChI is InChI=1S/C75H100N14O22/c1-38(2)60(70(105)88-63(41(5)92)73(108)84-56(36-59(97)98)67(102)80-52(75(110)111)18-11-12-30-76)85-68(103)55(34-44-22-26-47(94)27-23-44)82-65(100)53(32-42-14-7-6-8-15-42)81-66(101)54(33-43-20-24-46(93)25-21-43)83-72(107)62(40(4)91)87-69(104)57-19-13-31-89(57)74(109)51(28-29-58(95)96)79-71(106)61(39(3)90)86-64(99)49(77)35-45-37-78-50-17-10-9-16-48(45)50/h6-10,14-17,20-27,37-41,49,51-57,60-63,78,90-94H,11-13,18-19,28-36,76-77H2,1-5H3,(H,79,106)(H,80,102)(H,81,101)(H,82,100)(H,83,107)(H,84,108)(H,85,103)(H,86,99)(H,87,104)(H,88,105)(H,95,96)(H,97,98)(H,110,111)/t39-,40-,41-,49+,51+,52+,53+,54+,55+,56+,57+,60+,61+,62+,63+/m1/s1. The van der Waals surface area contributed by atoms with Crippen LogP contribution in [0.15, 0.2) is 109 Å². The number of benzene rings is 4. The Labute approximate surface area is 638 Å². The molecule has 1 aromatic heterocycles. The average molecular weight is 1550 g/mol. The van der Waals surface area contributed by atoms with E-state index in [0.717, 1.165) is 29.7 Å². The first-order valence-electron chi connectivity index (χ1n) is 36.2. The number of aromatic hydroxyl groups is 2. The summed E-state index contributed by atoms with van der Waals surface area (Å²) in [5, 5.41) is 108. The fraction of sp³-hybridized carbons (Fsp3) is 0.467. The van der Waals surface area contributed by atoms with Crippen molar-refractivity contribution >= 4 is 93.8 Å². The van der Waals surface area contributed by atoms with Crippen molar-refractivity contribution in [3.8, 4) is 11.5 Å². The first-order chi connectivity index (χ1) is 52.5. The SMILES string of the molecule is CC(C)[C@H](NC(=O)[C@H](Cc1ccc(O)cc1)NC(=O)[C@H](Cc1ccccc1)NC(=O)[C@H](Cc1ccc(O)cc1)NC(=O)[C@@H](NC(=O)[C@@H]1CCCN1C(=O)[C@H](CCC(=O)O)NC(=O)[C@@H](NC(=O)[C@@H](N)Cc1c[nH]c2ccccc12)[C@@H](C)O)[C@@H](C)O)C(=O)N[C@H](C(=O)N[C@@H](CC(=O)O)C(=O)N[C@@H](CCCCN)C(=O)O)[C@@H](C)O. The third-order valence-electron chi connectivity index (χ3n) is 18.5. The summed E-state index contributed by atoms with van der Waals surface area (Å²) in [6.45, 7) is 6.44. The maximum atomic E-state index is 15.1. The molecular formula is C75H100N14O22. The second kappa shape index (κ2) is 42.4. The number of H-pyrrole nitrogens is 1. The van der Waals surface area contributed by atoms with Gasteiger partial charge in [-0.3, -0.25) is 62.3 Å². The smallest absolute Gasteiger partial charge is 0.326 e. The van der Waals surface area contributed by atoms with E-state index in [9.17, 15) is 98.4 Å². The zero-order chi connectivity index (χ0) is 81.9. The monoisotopic (exact) mass is 1550 g/mol. The average Bonchev–Trinajstić information content (AvgIpc) is 1.67. The van der Waals surface area contributed by atoms with Crippen LogP contribution in [-0.4, -0.2) is 238 Å². The number of aliphatic carboxylic acids is 3. The fourth-order valence-electron chi connectivity index (χ4n) is 12.4. The number of rotatable bonds is 43. The zero-order valence-electron chi connectivity index (χ0n) is 61.9. The molecule has 15 atom stereocenters. The van der Waals surface area contributed by atoms with Crippen molar-refractivity contribution in [3.63, 3.8) is 0 Å². The number of carboxylic acid groups (broad SMARTS) is 3. The van der Waals surface area contributed by atoms with Gasteiger partial charge in [0.2, 0.25) is 65.0 Å². The van der Waals surface area contributed by atoms with Crippen LogP contribution in [0.5, 0.6) is 11.5 Å². The lowest BCUT2D eigenvalue weighted by Crippen LogP contribution is -2.63. The summed E-state index contributed by atoms with van der Waals surface area (Å²) < 4.78 is 0. The molecule has 1 fully saturated rings. The van der Waals surface area contributed by atoms with Crippen molar-refractivity contribution in [2.75, 3.05) is 13.1 Å². The van der Waals surface area contributed by atoms with E-state index in [1.165, 1.54) is 69.3 Å². The lowest BCUT2D eigenvalue weighted by atomic mass is 9.99. The molecule has 36 nitrogen and oxygen atoms in total. The number of nitrogens with zero attached hydrogens (tertiary/aromatic N) is 1. The van der Waals surface area contributed by atoms with Crippen molar-refractivity contribution in [3.05, 3.63) is 132 Å². The Morgan fingerprint density at radius 1 is 0.468 bits per heavy atom. The van der Waals surface area contributed by atoms with Crippen LogP contribution in [0.2, 0.25) is 0 Å². The summed E-state index contributed by atoms with van der Waals surface area (Å²) in [5.41, 5.74) is 14.3. The van der Waals surface area contributed by atoms with E-state index < -0.39 is 205 Å². The van der Waals surface area contributed by atoms with Gasteiger partial charge in [0.25, 0.3) is 0 Å². The largest absolute Gasteiger partial charge is 0.508 e. The van der Waals surface area contributed by atoms with Gasteiger partial charge in [0.1, 0.15) is 78.0 Å². The summed E-state index contributed by atoms with van der Waals surface area (Å²) in [6, 6.07) is 6.17. The molecule has 36 heteroatoms. The Hall–Kier alpha value is -11.6. The Kier molecular flexibility index (Phi) is 33.7. The van der Waals surface area contributed by atoms with E-state index in [1.807, 2.05) is 18.2 Å². The van der Waals surface area contributed by atoms with Gasteiger partial charge in [-0.05, 0) is 131 Å². The van der Waals surface area contributed by atoms with Gasteiger partial charge in [0.05, 0.1) is 30.8 Å². The number of phenols is 2. The summed E-state index contributed by atoms with van der Waals surface area (Å²) in [4.78, 5) is 198. The molecule has 5 aromatic rings. The molecule has 0 bridgehead atoms. The number of nitrogens with two attached hydrogens (primary N) is 2. The number of nitrogens with one attached hydrogen (secondary N) is 11.